The van der Waals surface area contributed by atoms with Crippen molar-refractivity contribution < 1.29 is 14.6 Å². The third-order valence-corrected chi connectivity index (χ3v) is 3.99. The van der Waals surface area contributed by atoms with Crippen LogP contribution in [0.1, 0.15) is 50.5 Å². The molecule has 0 saturated carbocycles. The summed E-state index contributed by atoms with van der Waals surface area (Å²) in [5, 5.41) is 10.2. The Bertz CT molecular complexity index is 579. The fourth-order valence-corrected chi connectivity index (χ4v) is 2.84. The Labute approximate surface area is 129 Å². The van der Waals surface area contributed by atoms with Crippen LogP contribution in [0.5, 0.6) is 5.88 Å². The summed E-state index contributed by atoms with van der Waals surface area (Å²) < 4.78 is 4.73. The van der Waals surface area contributed by atoms with E-state index in [1.807, 2.05) is 11.8 Å². The van der Waals surface area contributed by atoms with Crippen LogP contribution in [0.4, 0.5) is 5.95 Å². The normalized spacial score (nSPS) is 16.4. The van der Waals surface area contributed by atoms with Crippen LogP contribution in [-0.2, 0) is 9.53 Å². The summed E-state index contributed by atoms with van der Waals surface area (Å²) in [6, 6.07) is 0. The third kappa shape index (κ3) is 3.40. The molecule has 2 heterocycles. The number of methoxy groups -OCH3 is 1. The number of hydrogen-bond acceptors (Lipinski definition) is 6. The largest absolute Gasteiger partial charge is 0.493 e. The Hall–Kier alpha value is -2.05. The van der Waals surface area contributed by atoms with Crippen molar-refractivity contribution in [2.24, 2.45) is 0 Å². The molecular weight excluding hydrogens is 286 g/mol. The van der Waals surface area contributed by atoms with Gasteiger partial charge in [-0.3, -0.25) is 14.6 Å². The molecule has 1 atom stereocenters. The van der Waals surface area contributed by atoms with E-state index in [0.29, 0.717) is 18.8 Å². The minimum atomic E-state index is -0.790. The lowest BCUT2D eigenvalue weighted by atomic mass is 9.96. The lowest BCUT2D eigenvalue weighted by molar-refractivity contribution is -0.142. The lowest BCUT2D eigenvalue weighted by Crippen LogP contribution is -2.33. The van der Waals surface area contributed by atoms with Gasteiger partial charge in [-0.05, 0) is 25.7 Å². The number of aromatic nitrogens is 2. The molecular formula is C15H23N3O4. The molecule has 0 radical (unpaired) electrons. The van der Waals surface area contributed by atoms with Gasteiger partial charge < -0.3 is 14.7 Å². The summed E-state index contributed by atoms with van der Waals surface area (Å²) in [5.74, 6) is -1.34. The number of aromatic hydroxyl groups is 1. The van der Waals surface area contributed by atoms with E-state index in [4.69, 9.17) is 4.74 Å². The van der Waals surface area contributed by atoms with Crippen molar-refractivity contribution in [3.05, 3.63) is 15.9 Å². The van der Waals surface area contributed by atoms with E-state index < -0.39 is 17.4 Å². The number of ether oxygens (including phenoxy) is 1. The molecule has 0 spiro atoms. The minimum Gasteiger partial charge on any atom is -0.493 e. The number of aromatic amines is 1. The molecule has 22 heavy (non-hydrogen) atoms. The fraction of sp³-hybridized carbons (Fsp3) is 0.667. The predicted molar refractivity (Wildman–Crippen MR) is 82.3 cm³/mol. The molecule has 7 heteroatoms. The summed E-state index contributed by atoms with van der Waals surface area (Å²) in [5.41, 5.74) is -0.480. The summed E-state index contributed by atoms with van der Waals surface area (Å²) >= 11 is 0. The van der Waals surface area contributed by atoms with Gasteiger partial charge in [0, 0.05) is 13.1 Å². The van der Waals surface area contributed by atoms with Crippen LogP contribution in [0.3, 0.4) is 0 Å². The molecule has 1 unspecified atom stereocenters. The zero-order chi connectivity index (χ0) is 16.1. The van der Waals surface area contributed by atoms with Crippen molar-refractivity contribution >= 4 is 11.9 Å². The molecule has 1 fully saturated rings. The van der Waals surface area contributed by atoms with Crippen LogP contribution in [-0.4, -0.2) is 41.2 Å². The zero-order valence-corrected chi connectivity index (χ0v) is 13.1. The Balaban J connectivity index is 2.36. The quantitative estimate of drug-likeness (QED) is 0.801. The topological polar surface area (TPSA) is 95.5 Å². The molecule has 1 saturated heterocycles. The fourth-order valence-electron chi connectivity index (χ4n) is 2.84. The van der Waals surface area contributed by atoms with Gasteiger partial charge in [0.25, 0.3) is 5.56 Å². The number of carbonyl (C=O) groups is 1. The molecule has 2 rings (SSSR count). The first kappa shape index (κ1) is 16.3. The molecule has 0 bridgehead atoms. The molecule has 0 aromatic carbocycles. The van der Waals surface area contributed by atoms with Crippen LogP contribution < -0.4 is 10.5 Å². The highest BCUT2D eigenvalue weighted by Gasteiger charge is 2.28. The number of H-pyrrole nitrogens is 1. The Morgan fingerprint density at radius 2 is 2.09 bits per heavy atom. The Morgan fingerprint density at radius 1 is 1.41 bits per heavy atom. The van der Waals surface area contributed by atoms with Gasteiger partial charge in [0.1, 0.15) is 0 Å². The average molecular weight is 309 g/mol. The summed E-state index contributed by atoms with van der Waals surface area (Å²) in [6.07, 6.45) is 4.34. The second-order valence-corrected chi connectivity index (χ2v) is 5.54. The monoisotopic (exact) mass is 309 g/mol. The molecule has 0 amide bonds. The molecule has 1 aromatic heterocycles. The van der Waals surface area contributed by atoms with Crippen LogP contribution >= 0.6 is 0 Å². The molecule has 1 aliphatic rings. The highest BCUT2D eigenvalue weighted by atomic mass is 16.5. The van der Waals surface area contributed by atoms with Crippen molar-refractivity contribution in [1.82, 2.24) is 9.97 Å². The van der Waals surface area contributed by atoms with Gasteiger partial charge in [0.2, 0.25) is 11.8 Å². The highest BCUT2D eigenvalue weighted by molar-refractivity contribution is 5.78. The first-order valence-electron chi connectivity index (χ1n) is 7.74. The number of esters is 1. The highest BCUT2D eigenvalue weighted by Crippen LogP contribution is 2.27. The van der Waals surface area contributed by atoms with Gasteiger partial charge in [0.15, 0.2) is 0 Å². The SMILES string of the molecule is CCCC(C(=O)OC)c1c(O)nc(N2CCCCC2)[nH]c1=O. The van der Waals surface area contributed by atoms with Crippen LogP contribution in [0, 0.1) is 0 Å². The van der Waals surface area contributed by atoms with E-state index in [9.17, 15) is 14.7 Å². The van der Waals surface area contributed by atoms with Crippen molar-refractivity contribution in [3.63, 3.8) is 0 Å². The maximum atomic E-state index is 12.4. The van der Waals surface area contributed by atoms with Crippen LogP contribution in [0.2, 0.25) is 0 Å². The number of nitrogens with one attached hydrogen (secondary N) is 1. The number of carbonyl (C=O) groups excluding carboxylic acids is 1. The summed E-state index contributed by atoms with van der Waals surface area (Å²) in [7, 11) is 1.27. The van der Waals surface area contributed by atoms with E-state index in [1.165, 1.54) is 7.11 Å². The second-order valence-electron chi connectivity index (χ2n) is 5.54. The number of rotatable bonds is 5. The maximum Gasteiger partial charge on any atom is 0.313 e. The van der Waals surface area contributed by atoms with E-state index in [2.05, 4.69) is 9.97 Å². The molecule has 1 aromatic rings. The minimum absolute atomic E-state index is 0.00513. The van der Waals surface area contributed by atoms with Gasteiger partial charge in [-0.2, -0.15) is 4.98 Å². The van der Waals surface area contributed by atoms with Crippen molar-refractivity contribution in [2.45, 2.75) is 44.9 Å². The first-order valence-corrected chi connectivity index (χ1v) is 7.74. The van der Waals surface area contributed by atoms with Crippen LogP contribution in [0.15, 0.2) is 4.79 Å². The molecule has 122 valence electrons. The molecule has 7 nitrogen and oxygen atoms in total. The smallest absolute Gasteiger partial charge is 0.313 e. The van der Waals surface area contributed by atoms with Gasteiger partial charge in [-0.1, -0.05) is 13.3 Å². The van der Waals surface area contributed by atoms with Crippen molar-refractivity contribution in [3.8, 4) is 5.88 Å². The van der Waals surface area contributed by atoms with Gasteiger partial charge >= 0.3 is 5.97 Å². The average Bonchev–Trinajstić information content (AvgIpc) is 2.53. The van der Waals surface area contributed by atoms with Gasteiger partial charge in [0.05, 0.1) is 18.6 Å². The second kappa shape index (κ2) is 7.29. The van der Waals surface area contributed by atoms with Crippen molar-refractivity contribution in [1.29, 1.82) is 0 Å². The number of nitrogens with zero attached hydrogens (tertiary/aromatic N) is 2. The van der Waals surface area contributed by atoms with Crippen molar-refractivity contribution in [2.75, 3.05) is 25.1 Å². The Morgan fingerprint density at radius 3 is 2.64 bits per heavy atom. The van der Waals surface area contributed by atoms with E-state index in [-0.39, 0.29) is 11.4 Å². The molecule has 0 aliphatic carbocycles. The van der Waals surface area contributed by atoms with E-state index >= 15 is 0 Å². The summed E-state index contributed by atoms with van der Waals surface area (Å²) in [4.78, 5) is 33.0. The Kier molecular flexibility index (Phi) is 5.41. The zero-order valence-electron chi connectivity index (χ0n) is 13.1. The lowest BCUT2D eigenvalue weighted by Gasteiger charge is -2.27. The predicted octanol–water partition coefficient (Wildman–Crippen LogP) is 1.52. The summed E-state index contributed by atoms with van der Waals surface area (Å²) in [6.45, 7) is 3.50. The standard InChI is InChI=1S/C15H23N3O4/c1-3-7-10(14(21)22-2)11-12(19)16-15(17-13(11)20)18-8-5-4-6-9-18/h10H,3-9H2,1-2H3,(H2,16,17,19,20). The van der Waals surface area contributed by atoms with Gasteiger partial charge in [-0.25, -0.2) is 0 Å². The number of hydrogen-bond donors (Lipinski definition) is 2. The van der Waals surface area contributed by atoms with Gasteiger partial charge in [-0.15, -0.1) is 0 Å². The molecule has 2 N–H and O–H groups in total. The maximum absolute atomic E-state index is 12.4. The third-order valence-electron chi connectivity index (χ3n) is 3.99. The van der Waals surface area contributed by atoms with E-state index in [1.54, 1.807) is 0 Å². The number of piperidine rings is 1. The molecule has 1 aliphatic heterocycles. The number of anilines is 1. The van der Waals surface area contributed by atoms with Crippen LogP contribution in [0.25, 0.3) is 0 Å². The first-order chi connectivity index (χ1) is 10.6. The van der Waals surface area contributed by atoms with E-state index in [0.717, 1.165) is 32.4 Å².